The Balaban J connectivity index is 2.65. The van der Waals surface area contributed by atoms with Gasteiger partial charge in [-0.3, -0.25) is 0 Å². The summed E-state index contributed by atoms with van der Waals surface area (Å²) in [6.45, 7) is 0. The van der Waals surface area contributed by atoms with Gasteiger partial charge in [0.2, 0.25) is 5.71 Å². The molecule has 0 radical (unpaired) electrons. The number of hydrogen-bond acceptors (Lipinski definition) is 4. The number of hydrogen-bond donors (Lipinski definition) is 0. The highest BCUT2D eigenvalue weighted by Crippen LogP contribution is 2.11. The molecule has 6 nitrogen and oxygen atoms in total. The zero-order chi connectivity index (χ0) is 10.5. The minimum atomic E-state index is -0.429. The summed E-state index contributed by atoms with van der Waals surface area (Å²) in [5, 5.41) is 0. The smallest absolute Gasteiger partial charge is 0.248 e. The van der Waals surface area contributed by atoms with Crippen LogP contribution >= 0.6 is 15.9 Å². The van der Waals surface area contributed by atoms with Gasteiger partial charge in [0.05, 0.1) is 14.1 Å². The fraction of sp³-hybridized carbons (Fsp3) is 0.286. The summed E-state index contributed by atoms with van der Waals surface area (Å²) in [6, 6.07) is -0.408. The fourth-order valence-corrected chi connectivity index (χ4v) is 1.59. The van der Waals surface area contributed by atoms with E-state index in [9.17, 15) is 9.59 Å². The quantitative estimate of drug-likeness (QED) is 0.447. The number of urea groups is 1. The van der Waals surface area contributed by atoms with Gasteiger partial charge in [0, 0.05) is 15.9 Å². The lowest BCUT2D eigenvalue weighted by Gasteiger charge is -2.15. The van der Waals surface area contributed by atoms with E-state index in [1.807, 2.05) is 0 Å². The standard InChI is InChI=1S/C7H6BrN4O2/c1-11-4-3(9-6(8)10-4)5(13)12(2)7(11)14/h1-2H3/q+1. The molecule has 0 atom stereocenters. The Morgan fingerprint density at radius 2 is 2.00 bits per heavy atom. The Kier molecular flexibility index (Phi) is 1.84. The van der Waals surface area contributed by atoms with Crippen LogP contribution in [0.3, 0.4) is 0 Å². The second kappa shape index (κ2) is 2.81. The molecule has 0 aromatic heterocycles. The zero-order valence-corrected chi connectivity index (χ0v) is 9.07. The summed E-state index contributed by atoms with van der Waals surface area (Å²) in [4.78, 5) is 31.8. The first-order valence-electron chi connectivity index (χ1n) is 3.78. The van der Waals surface area contributed by atoms with Crippen LogP contribution in [0.15, 0.2) is 9.98 Å². The van der Waals surface area contributed by atoms with Gasteiger partial charge in [0.25, 0.3) is 4.74 Å². The molecule has 0 fully saturated rings. The monoisotopic (exact) mass is 257 g/mol. The van der Waals surface area contributed by atoms with Gasteiger partial charge < -0.3 is 0 Å². The summed E-state index contributed by atoms with van der Waals surface area (Å²) >= 11 is 3.06. The first kappa shape index (κ1) is 9.20. The maximum atomic E-state index is 11.5. The molecule has 0 aliphatic carbocycles. The number of aliphatic imine (C=N–C) groups is 2. The van der Waals surface area contributed by atoms with Crippen molar-refractivity contribution in [2.24, 2.45) is 9.98 Å². The van der Waals surface area contributed by atoms with E-state index in [1.165, 1.54) is 11.6 Å². The summed E-state index contributed by atoms with van der Waals surface area (Å²) in [7, 11) is 2.96. The number of carbonyl (C=O) groups excluding carboxylic acids is 2. The third-order valence-electron chi connectivity index (χ3n) is 2.01. The van der Waals surface area contributed by atoms with E-state index < -0.39 is 11.9 Å². The van der Waals surface area contributed by atoms with Gasteiger partial charge in [-0.15, -0.1) is 0 Å². The van der Waals surface area contributed by atoms with Crippen LogP contribution in [0.4, 0.5) is 4.79 Å². The topological polar surface area (TPSA) is 65.1 Å². The van der Waals surface area contributed by atoms with Crippen molar-refractivity contribution in [2.75, 3.05) is 14.1 Å². The van der Waals surface area contributed by atoms with E-state index in [1.54, 1.807) is 7.05 Å². The lowest BCUT2D eigenvalue weighted by molar-refractivity contribution is -0.401. The van der Waals surface area contributed by atoms with E-state index >= 15 is 0 Å². The molecular formula is C7H6BrN4O2+. The second-order valence-electron chi connectivity index (χ2n) is 2.87. The summed E-state index contributed by atoms with van der Waals surface area (Å²) in [5.74, 6) is -0.133. The second-order valence-corrected chi connectivity index (χ2v) is 3.58. The average molecular weight is 258 g/mol. The Labute approximate surface area is 87.8 Å². The van der Waals surface area contributed by atoms with Gasteiger partial charge >= 0.3 is 17.8 Å². The third-order valence-corrected chi connectivity index (χ3v) is 2.37. The first-order chi connectivity index (χ1) is 6.52. The summed E-state index contributed by atoms with van der Waals surface area (Å²) < 4.78 is 1.60. The van der Waals surface area contributed by atoms with Crippen molar-refractivity contribution < 1.29 is 14.2 Å². The van der Waals surface area contributed by atoms with Crippen molar-refractivity contribution in [2.45, 2.75) is 0 Å². The minimum Gasteiger partial charge on any atom is -0.248 e. The summed E-state index contributed by atoms with van der Waals surface area (Å²) in [5.41, 5.74) is 0.196. The molecule has 0 saturated heterocycles. The number of fused-ring (bicyclic) bond motifs is 1. The van der Waals surface area contributed by atoms with E-state index in [0.717, 1.165) is 4.90 Å². The van der Waals surface area contributed by atoms with Gasteiger partial charge in [0.1, 0.15) is 0 Å². The SMILES string of the molecule is CN1C(=O)C2=NC(Br)=NC2=[N+](C)C1=O. The molecule has 2 heterocycles. The van der Waals surface area contributed by atoms with Crippen LogP contribution in [0.2, 0.25) is 0 Å². The third kappa shape index (κ3) is 1.05. The number of carbonyl (C=O) groups is 2. The normalized spacial score (nSPS) is 21.2. The van der Waals surface area contributed by atoms with Crippen LogP contribution in [0.25, 0.3) is 0 Å². The van der Waals surface area contributed by atoms with Gasteiger partial charge in [-0.05, 0) is 0 Å². The molecule has 2 aliphatic rings. The number of imide groups is 1. The molecule has 0 spiro atoms. The molecule has 0 aromatic rings. The Morgan fingerprint density at radius 1 is 1.36 bits per heavy atom. The molecule has 0 saturated carbocycles. The van der Waals surface area contributed by atoms with Crippen molar-refractivity contribution >= 4 is 44.2 Å². The molecule has 0 unspecified atom stereocenters. The molecule has 7 heteroatoms. The Hall–Kier alpha value is -1.37. The average Bonchev–Trinajstić information content (AvgIpc) is 2.54. The van der Waals surface area contributed by atoms with Gasteiger partial charge in [-0.1, -0.05) is 4.99 Å². The molecule has 2 aliphatic heterocycles. The molecular weight excluding hydrogens is 252 g/mol. The van der Waals surface area contributed by atoms with Crippen LogP contribution in [-0.2, 0) is 4.79 Å². The van der Waals surface area contributed by atoms with Gasteiger partial charge in [-0.25, -0.2) is 9.59 Å². The van der Waals surface area contributed by atoms with E-state index in [2.05, 4.69) is 25.9 Å². The number of amides is 3. The largest absolute Gasteiger partial charge is 0.446 e. The van der Waals surface area contributed by atoms with Crippen molar-refractivity contribution in [1.29, 1.82) is 0 Å². The van der Waals surface area contributed by atoms with Gasteiger partial charge in [-0.2, -0.15) is 14.5 Å². The maximum Gasteiger partial charge on any atom is 0.446 e. The van der Waals surface area contributed by atoms with Crippen molar-refractivity contribution in [3.8, 4) is 0 Å². The number of rotatable bonds is 0. The molecule has 72 valence electrons. The minimum absolute atomic E-state index is 0.196. The highest BCUT2D eigenvalue weighted by atomic mass is 79.9. The number of nitrogens with zero attached hydrogens (tertiary/aromatic N) is 4. The van der Waals surface area contributed by atoms with Crippen LogP contribution in [0, 0.1) is 0 Å². The molecule has 0 N–H and O–H groups in total. The summed E-state index contributed by atoms with van der Waals surface area (Å²) in [6.07, 6.45) is 0. The highest BCUT2D eigenvalue weighted by Gasteiger charge is 2.44. The lowest BCUT2D eigenvalue weighted by Crippen LogP contribution is -2.51. The van der Waals surface area contributed by atoms with E-state index in [4.69, 9.17) is 0 Å². The molecule has 3 amide bonds. The van der Waals surface area contributed by atoms with Crippen molar-refractivity contribution in [3.63, 3.8) is 0 Å². The molecule has 0 bridgehead atoms. The first-order valence-corrected chi connectivity index (χ1v) is 4.57. The Morgan fingerprint density at radius 3 is 2.64 bits per heavy atom. The van der Waals surface area contributed by atoms with E-state index in [0.29, 0.717) is 10.6 Å². The maximum absolute atomic E-state index is 11.5. The van der Waals surface area contributed by atoms with Gasteiger partial charge in [0.15, 0.2) is 0 Å². The van der Waals surface area contributed by atoms with Crippen LogP contribution < -0.4 is 0 Å². The van der Waals surface area contributed by atoms with Crippen LogP contribution in [0.1, 0.15) is 0 Å². The molecule has 0 aromatic carbocycles. The zero-order valence-electron chi connectivity index (χ0n) is 7.48. The number of halogens is 1. The van der Waals surface area contributed by atoms with Crippen LogP contribution in [0.5, 0.6) is 0 Å². The fourth-order valence-electron chi connectivity index (χ4n) is 1.25. The highest BCUT2D eigenvalue weighted by molar-refractivity contribution is 9.18. The lowest BCUT2D eigenvalue weighted by atomic mass is 10.2. The molecule has 2 rings (SSSR count). The van der Waals surface area contributed by atoms with Crippen LogP contribution in [-0.4, -0.2) is 51.8 Å². The predicted octanol–water partition coefficient (Wildman–Crippen LogP) is -0.175. The number of amidine groups is 2. The Bertz CT molecular complexity index is 449. The molecule has 14 heavy (non-hydrogen) atoms. The van der Waals surface area contributed by atoms with Crippen molar-refractivity contribution in [1.82, 2.24) is 4.90 Å². The predicted molar refractivity (Wildman–Crippen MR) is 53.2 cm³/mol. The van der Waals surface area contributed by atoms with Crippen molar-refractivity contribution in [3.05, 3.63) is 0 Å². The van der Waals surface area contributed by atoms with E-state index in [-0.39, 0.29) is 5.71 Å².